The normalized spacial score (nSPS) is 11.8. The number of hydrogen-bond acceptors (Lipinski definition) is 4. The summed E-state index contributed by atoms with van der Waals surface area (Å²) < 4.78 is 0. The smallest absolute Gasteiger partial charge is 0.242 e. The molecule has 0 bridgehead atoms. The lowest BCUT2D eigenvalue weighted by molar-refractivity contribution is -0.123. The number of aryl methyl sites for hydroxylation is 3. The van der Waals surface area contributed by atoms with E-state index in [1.54, 1.807) is 18.6 Å². The molecule has 0 aliphatic carbocycles. The van der Waals surface area contributed by atoms with E-state index in [1.165, 1.54) is 11.1 Å². The summed E-state index contributed by atoms with van der Waals surface area (Å²) in [5, 5.41) is 6.45. The van der Waals surface area contributed by atoms with Crippen LogP contribution in [0.4, 0.5) is 0 Å². The molecule has 28 heavy (non-hydrogen) atoms. The first-order valence-electron chi connectivity index (χ1n) is 9.41. The number of rotatable bonds is 7. The molecule has 1 atom stereocenters. The summed E-state index contributed by atoms with van der Waals surface area (Å²) >= 11 is 0. The molecule has 3 aromatic rings. The molecule has 2 N–H and O–H groups in total. The second kappa shape index (κ2) is 9.24. The van der Waals surface area contributed by atoms with E-state index in [0.717, 1.165) is 22.3 Å². The highest BCUT2D eigenvalue weighted by molar-refractivity contribution is 5.83. The van der Waals surface area contributed by atoms with Crippen molar-refractivity contribution in [2.75, 3.05) is 0 Å². The minimum absolute atomic E-state index is 0.0564. The standard InChI is InChI=1S/C23H26N4O/c1-16-10-18(3)21(11-17(16)2)22(26-14-19-6-4-8-24-12-19)23(28)27-15-20-7-5-9-25-13-20/h4-13,22,26H,14-15H2,1-3H3,(H,27,28). The molecule has 0 radical (unpaired) electrons. The van der Waals surface area contributed by atoms with E-state index < -0.39 is 6.04 Å². The van der Waals surface area contributed by atoms with Gasteiger partial charge < -0.3 is 5.32 Å². The van der Waals surface area contributed by atoms with Crippen molar-refractivity contribution in [1.29, 1.82) is 0 Å². The van der Waals surface area contributed by atoms with Crippen LogP contribution in [0.5, 0.6) is 0 Å². The number of carbonyl (C=O) groups excluding carboxylic acids is 1. The highest BCUT2D eigenvalue weighted by Gasteiger charge is 2.22. The lowest BCUT2D eigenvalue weighted by atomic mass is 9.95. The maximum absolute atomic E-state index is 13.1. The van der Waals surface area contributed by atoms with E-state index in [0.29, 0.717) is 13.1 Å². The highest BCUT2D eigenvalue weighted by atomic mass is 16.2. The lowest BCUT2D eigenvalue weighted by Gasteiger charge is -2.22. The third-order valence-electron chi connectivity index (χ3n) is 4.88. The monoisotopic (exact) mass is 374 g/mol. The minimum Gasteiger partial charge on any atom is -0.350 e. The van der Waals surface area contributed by atoms with Crippen LogP contribution in [0.1, 0.15) is 39.4 Å². The fraction of sp³-hybridized carbons (Fsp3) is 0.261. The van der Waals surface area contributed by atoms with Crippen LogP contribution < -0.4 is 10.6 Å². The van der Waals surface area contributed by atoms with Gasteiger partial charge in [-0.3, -0.25) is 20.1 Å². The Balaban J connectivity index is 1.81. The maximum Gasteiger partial charge on any atom is 0.242 e. The zero-order valence-electron chi connectivity index (χ0n) is 16.6. The van der Waals surface area contributed by atoms with E-state index in [1.807, 2.05) is 30.5 Å². The molecule has 0 saturated carbocycles. The van der Waals surface area contributed by atoms with Crippen molar-refractivity contribution in [3.8, 4) is 0 Å². The molecule has 0 aliphatic rings. The summed E-state index contributed by atoms with van der Waals surface area (Å²) in [4.78, 5) is 21.3. The Bertz CT molecular complexity index is 926. The van der Waals surface area contributed by atoms with Gasteiger partial charge >= 0.3 is 0 Å². The summed E-state index contributed by atoms with van der Waals surface area (Å²) in [6, 6.07) is 11.5. The Morgan fingerprint density at radius 1 is 0.893 bits per heavy atom. The van der Waals surface area contributed by atoms with E-state index in [2.05, 4.69) is 53.5 Å². The third-order valence-corrected chi connectivity index (χ3v) is 4.88. The van der Waals surface area contributed by atoms with Gasteiger partial charge in [0, 0.05) is 37.9 Å². The van der Waals surface area contributed by atoms with Gasteiger partial charge in [0.2, 0.25) is 5.91 Å². The van der Waals surface area contributed by atoms with Crippen LogP contribution in [0, 0.1) is 20.8 Å². The number of pyridine rings is 2. The first-order valence-corrected chi connectivity index (χ1v) is 9.41. The van der Waals surface area contributed by atoms with Gasteiger partial charge in [0.1, 0.15) is 6.04 Å². The zero-order valence-corrected chi connectivity index (χ0v) is 16.6. The average Bonchev–Trinajstić information content (AvgIpc) is 2.71. The largest absolute Gasteiger partial charge is 0.350 e. The molecule has 0 spiro atoms. The number of nitrogens with zero attached hydrogens (tertiary/aromatic N) is 2. The van der Waals surface area contributed by atoms with E-state index in [4.69, 9.17) is 0 Å². The summed E-state index contributed by atoms with van der Waals surface area (Å²) in [7, 11) is 0. The van der Waals surface area contributed by atoms with E-state index in [9.17, 15) is 4.79 Å². The van der Waals surface area contributed by atoms with Crippen LogP contribution in [0.2, 0.25) is 0 Å². The molecular weight excluding hydrogens is 348 g/mol. The van der Waals surface area contributed by atoms with Crippen molar-refractivity contribution >= 4 is 5.91 Å². The van der Waals surface area contributed by atoms with Gasteiger partial charge in [0.05, 0.1) is 0 Å². The molecule has 5 nitrogen and oxygen atoms in total. The molecule has 2 aromatic heterocycles. The Labute approximate surface area is 166 Å². The van der Waals surface area contributed by atoms with Crippen LogP contribution in [0.15, 0.2) is 61.2 Å². The Hall–Kier alpha value is -3.05. The number of aromatic nitrogens is 2. The van der Waals surface area contributed by atoms with Crippen molar-refractivity contribution in [3.63, 3.8) is 0 Å². The summed E-state index contributed by atoms with van der Waals surface area (Å²) in [6.45, 7) is 7.22. The topological polar surface area (TPSA) is 66.9 Å². The summed E-state index contributed by atoms with van der Waals surface area (Å²) in [5.41, 5.74) is 6.50. The molecule has 1 unspecified atom stereocenters. The van der Waals surface area contributed by atoms with Gasteiger partial charge in [0.15, 0.2) is 0 Å². The minimum atomic E-state index is -0.448. The van der Waals surface area contributed by atoms with E-state index >= 15 is 0 Å². The molecule has 5 heteroatoms. The first-order chi connectivity index (χ1) is 13.5. The second-order valence-corrected chi connectivity index (χ2v) is 7.05. The fourth-order valence-corrected chi connectivity index (χ4v) is 3.15. The number of carbonyl (C=O) groups is 1. The molecular formula is C23H26N4O. The average molecular weight is 374 g/mol. The van der Waals surface area contributed by atoms with Crippen LogP contribution >= 0.6 is 0 Å². The predicted molar refractivity (Wildman–Crippen MR) is 111 cm³/mol. The molecule has 2 heterocycles. The molecule has 3 rings (SSSR count). The third kappa shape index (κ3) is 5.02. The summed E-state index contributed by atoms with van der Waals surface area (Å²) in [5.74, 6) is -0.0564. The van der Waals surface area contributed by atoms with Crippen molar-refractivity contribution in [2.24, 2.45) is 0 Å². The predicted octanol–water partition coefficient (Wildman–Crippen LogP) is 3.55. The molecule has 0 aliphatic heterocycles. The zero-order chi connectivity index (χ0) is 19.9. The van der Waals surface area contributed by atoms with E-state index in [-0.39, 0.29) is 5.91 Å². The van der Waals surface area contributed by atoms with Gasteiger partial charge in [-0.2, -0.15) is 0 Å². The molecule has 1 amide bonds. The van der Waals surface area contributed by atoms with Gasteiger partial charge in [-0.05, 0) is 66.3 Å². The highest BCUT2D eigenvalue weighted by Crippen LogP contribution is 2.23. The van der Waals surface area contributed by atoms with Gasteiger partial charge in [0.25, 0.3) is 0 Å². The van der Waals surface area contributed by atoms with Crippen LogP contribution in [-0.2, 0) is 17.9 Å². The first kappa shape index (κ1) is 19.7. The fourth-order valence-electron chi connectivity index (χ4n) is 3.15. The van der Waals surface area contributed by atoms with Crippen LogP contribution in [0.3, 0.4) is 0 Å². The van der Waals surface area contributed by atoms with Gasteiger partial charge in [-0.25, -0.2) is 0 Å². The SMILES string of the molecule is Cc1cc(C)c(C(NCc2cccnc2)C(=O)NCc2cccnc2)cc1C. The van der Waals surface area contributed by atoms with Crippen molar-refractivity contribution < 1.29 is 4.79 Å². The Morgan fingerprint density at radius 3 is 2.11 bits per heavy atom. The summed E-state index contributed by atoms with van der Waals surface area (Å²) in [6.07, 6.45) is 7.04. The van der Waals surface area contributed by atoms with Gasteiger partial charge in [-0.1, -0.05) is 24.3 Å². The quantitative estimate of drug-likeness (QED) is 0.664. The number of benzene rings is 1. The molecule has 1 aromatic carbocycles. The number of amides is 1. The lowest BCUT2D eigenvalue weighted by Crippen LogP contribution is -2.37. The molecule has 0 fully saturated rings. The Kier molecular flexibility index (Phi) is 6.50. The second-order valence-electron chi connectivity index (χ2n) is 7.05. The number of nitrogens with one attached hydrogen (secondary N) is 2. The van der Waals surface area contributed by atoms with Crippen molar-refractivity contribution in [1.82, 2.24) is 20.6 Å². The molecule has 0 saturated heterocycles. The Morgan fingerprint density at radius 2 is 1.50 bits per heavy atom. The van der Waals surface area contributed by atoms with Crippen LogP contribution in [-0.4, -0.2) is 15.9 Å². The van der Waals surface area contributed by atoms with Crippen LogP contribution in [0.25, 0.3) is 0 Å². The number of hydrogen-bond donors (Lipinski definition) is 2. The maximum atomic E-state index is 13.1. The van der Waals surface area contributed by atoms with Crippen molar-refractivity contribution in [3.05, 3.63) is 94.6 Å². The van der Waals surface area contributed by atoms with Gasteiger partial charge in [-0.15, -0.1) is 0 Å². The molecule has 144 valence electrons. The van der Waals surface area contributed by atoms with Crippen molar-refractivity contribution in [2.45, 2.75) is 39.9 Å².